The first-order chi connectivity index (χ1) is 10.3. The molecule has 0 saturated heterocycles. The molecular weight excluding hydrogens is 306 g/mol. The molecule has 0 aliphatic carbocycles. The van der Waals surface area contributed by atoms with Crippen molar-refractivity contribution in [3.63, 3.8) is 0 Å². The Kier molecular flexibility index (Phi) is 2.90. The standard InChI is InChI=1S/C15H10ClN3OS/c16-11-7-5-10(6-8-11)13-9-18-12-3-1-2-4-14(12)21-15(18)19(13)17-20/h1-9,15H. The molecule has 0 saturated carbocycles. The normalized spacial score (nSPS) is 19.3. The minimum atomic E-state index is -0.148. The monoisotopic (exact) mass is 315 g/mol. The minimum absolute atomic E-state index is 0.148. The number of rotatable bonds is 2. The summed E-state index contributed by atoms with van der Waals surface area (Å²) in [6.45, 7) is 0. The molecule has 1 atom stereocenters. The van der Waals surface area contributed by atoms with Crippen molar-refractivity contribution >= 4 is 34.7 Å². The highest BCUT2D eigenvalue weighted by Crippen LogP contribution is 2.50. The zero-order valence-electron chi connectivity index (χ0n) is 10.8. The fourth-order valence-electron chi connectivity index (χ4n) is 2.58. The van der Waals surface area contributed by atoms with Gasteiger partial charge in [-0.2, -0.15) is 5.01 Å². The Hall–Kier alpha value is -1.98. The van der Waals surface area contributed by atoms with Crippen LogP contribution in [0.25, 0.3) is 5.70 Å². The third-order valence-electron chi connectivity index (χ3n) is 3.56. The molecule has 6 heteroatoms. The zero-order valence-corrected chi connectivity index (χ0v) is 12.4. The summed E-state index contributed by atoms with van der Waals surface area (Å²) in [6, 6.07) is 15.5. The number of para-hydroxylation sites is 1. The maximum Gasteiger partial charge on any atom is 0.183 e. The summed E-state index contributed by atoms with van der Waals surface area (Å²) in [6.07, 6.45) is 1.97. The molecule has 0 radical (unpaired) electrons. The van der Waals surface area contributed by atoms with Crippen LogP contribution in [0.3, 0.4) is 0 Å². The van der Waals surface area contributed by atoms with E-state index in [-0.39, 0.29) is 5.50 Å². The number of nitrogens with zero attached hydrogens (tertiary/aromatic N) is 3. The zero-order chi connectivity index (χ0) is 14.4. The Morgan fingerprint density at radius 1 is 1.10 bits per heavy atom. The molecular formula is C15H10ClN3OS. The molecule has 0 fully saturated rings. The number of fused-ring (bicyclic) bond motifs is 3. The third-order valence-corrected chi connectivity index (χ3v) is 5.05. The number of hydrogen-bond donors (Lipinski definition) is 0. The molecule has 0 N–H and O–H groups in total. The molecule has 1 unspecified atom stereocenters. The van der Waals surface area contributed by atoms with Crippen molar-refractivity contribution in [3.05, 3.63) is 70.2 Å². The maximum absolute atomic E-state index is 11.3. The van der Waals surface area contributed by atoms with Gasteiger partial charge in [0.1, 0.15) is 0 Å². The van der Waals surface area contributed by atoms with E-state index in [9.17, 15) is 4.91 Å². The first-order valence-corrected chi connectivity index (χ1v) is 7.68. The Balaban J connectivity index is 1.79. The number of benzene rings is 2. The second-order valence-electron chi connectivity index (χ2n) is 4.77. The van der Waals surface area contributed by atoms with Gasteiger partial charge >= 0.3 is 0 Å². The van der Waals surface area contributed by atoms with E-state index in [1.807, 2.05) is 48.7 Å². The van der Waals surface area contributed by atoms with Gasteiger partial charge < -0.3 is 4.90 Å². The van der Waals surface area contributed by atoms with Crippen LogP contribution >= 0.6 is 23.4 Å². The van der Waals surface area contributed by atoms with Crippen molar-refractivity contribution in [1.82, 2.24) is 5.01 Å². The van der Waals surface area contributed by atoms with Gasteiger partial charge in [-0.1, -0.05) is 47.6 Å². The van der Waals surface area contributed by atoms with E-state index in [0.717, 1.165) is 21.8 Å². The lowest BCUT2D eigenvalue weighted by Gasteiger charge is -2.20. The van der Waals surface area contributed by atoms with E-state index < -0.39 is 0 Å². The lowest BCUT2D eigenvalue weighted by molar-refractivity contribution is 0.419. The summed E-state index contributed by atoms with van der Waals surface area (Å²) < 4.78 is 0. The van der Waals surface area contributed by atoms with Gasteiger partial charge in [0.15, 0.2) is 5.50 Å². The van der Waals surface area contributed by atoms with Crippen LogP contribution in [0, 0.1) is 4.91 Å². The summed E-state index contributed by atoms with van der Waals surface area (Å²) in [7, 11) is 0. The summed E-state index contributed by atoms with van der Waals surface area (Å²) >= 11 is 7.54. The van der Waals surface area contributed by atoms with Gasteiger partial charge in [-0.25, -0.2) is 0 Å². The van der Waals surface area contributed by atoms with E-state index in [1.165, 1.54) is 5.01 Å². The van der Waals surface area contributed by atoms with E-state index >= 15 is 0 Å². The summed E-state index contributed by atoms with van der Waals surface area (Å²) in [5, 5.41) is 5.39. The second kappa shape index (κ2) is 4.79. The molecule has 0 aromatic heterocycles. The summed E-state index contributed by atoms with van der Waals surface area (Å²) in [4.78, 5) is 14.6. The predicted octanol–water partition coefficient (Wildman–Crippen LogP) is 4.53. The molecule has 0 bridgehead atoms. The molecule has 104 valence electrons. The van der Waals surface area contributed by atoms with Crippen LogP contribution in [-0.4, -0.2) is 10.5 Å². The van der Waals surface area contributed by atoms with Crippen molar-refractivity contribution < 1.29 is 0 Å². The molecule has 2 aromatic carbocycles. The largest absolute Gasteiger partial charge is 0.313 e. The Bertz CT molecular complexity index is 747. The quantitative estimate of drug-likeness (QED) is 0.763. The molecule has 21 heavy (non-hydrogen) atoms. The van der Waals surface area contributed by atoms with Gasteiger partial charge in [0.25, 0.3) is 0 Å². The lowest BCUT2D eigenvalue weighted by Crippen LogP contribution is -2.29. The number of anilines is 1. The Morgan fingerprint density at radius 3 is 2.62 bits per heavy atom. The van der Waals surface area contributed by atoms with Gasteiger partial charge in [-0.15, -0.1) is 4.91 Å². The molecule has 2 aromatic rings. The number of thioether (sulfide) groups is 1. The van der Waals surface area contributed by atoms with Gasteiger partial charge in [0.05, 0.1) is 16.7 Å². The third kappa shape index (κ3) is 1.92. The van der Waals surface area contributed by atoms with Crippen LogP contribution < -0.4 is 4.90 Å². The van der Waals surface area contributed by atoms with Crippen LogP contribution in [0.5, 0.6) is 0 Å². The second-order valence-corrected chi connectivity index (χ2v) is 6.30. The average Bonchev–Trinajstić information content (AvgIpc) is 3.03. The molecule has 4 rings (SSSR count). The van der Waals surface area contributed by atoms with Crippen LogP contribution in [-0.2, 0) is 0 Å². The van der Waals surface area contributed by atoms with Crippen molar-refractivity contribution in [2.24, 2.45) is 5.29 Å². The highest BCUT2D eigenvalue weighted by molar-refractivity contribution is 8.00. The average molecular weight is 316 g/mol. The van der Waals surface area contributed by atoms with Crippen LogP contribution in [0.4, 0.5) is 5.69 Å². The topological polar surface area (TPSA) is 35.9 Å². The molecule has 0 amide bonds. The van der Waals surface area contributed by atoms with Gasteiger partial charge in [-0.3, -0.25) is 0 Å². The number of halogens is 1. The maximum atomic E-state index is 11.3. The van der Waals surface area contributed by atoms with E-state index in [4.69, 9.17) is 11.6 Å². The van der Waals surface area contributed by atoms with Gasteiger partial charge in [0, 0.05) is 21.7 Å². The predicted molar refractivity (Wildman–Crippen MR) is 85.6 cm³/mol. The minimum Gasteiger partial charge on any atom is -0.313 e. The van der Waals surface area contributed by atoms with Crippen LogP contribution in [0.2, 0.25) is 5.02 Å². The first-order valence-electron chi connectivity index (χ1n) is 6.42. The molecule has 2 aliphatic rings. The number of hydrogen-bond acceptors (Lipinski definition) is 4. The fourth-order valence-corrected chi connectivity index (χ4v) is 3.93. The van der Waals surface area contributed by atoms with E-state index in [0.29, 0.717) is 5.02 Å². The Morgan fingerprint density at radius 2 is 1.86 bits per heavy atom. The fraction of sp³-hybridized carbons (Fsp3) is 0.0667. The SMILES string of the molecule is O=NN1C(c2ccc(Cl)cc2)=CN2c3ccccc3SC12. The molecule has 2 aliphatic heterocycles. The van der Waals surface area contributed by atoms with Crippen molar-refractivity contribution in [2.45, 2.75) is 10.4 Å². The highest BCUT2D eigenvalue weighted by Gasteiger charge is 2.41. The highest BCUT2D eigenvalue weighted by atomic mass is 35.5. The van der Waals surface area contributed by atoms with E-state index in [2.05, 4.69) is 16.3 Å². The van der Waals surface area contributed by atoms with Gasteiger partial charge in [-0.05, 0) is 24.3 Å². The lowest BCUT2D eigenvalue weighted by atomic mass is 10.2. The molecule has 0 spiro atoms. The molecule has 2 heterocycles. The molecule has 4 nitrogen and oxygen atoms in total. The van der Waals surface area contributed by atoms with Crippen molar-refractivity contribution in [2.75, 3.05) is 4.90 Å². The first kappa shape index (κ1) is 12.7. The number of nitroso groups, excluding NO2 is 1. The smallest absolute Gasteiger partial charge is 0.183 e. The summed E-state index contributed by atoms with van der Waals surface area (Å²) in [5.41, 5.74) is 2.66. The van der Waals surface area contributed by atoms with Crippen molar-refractivity contribution in [3.8, 4) is 0 Å². The van der Waals surface area contributed by atoms with Crippen LogP contribution in [0.15, 0.2) is 64.9 Å². The Labute approximate surface area is 130 Å². The van der Waals surface area contributed by atoms with Crippen molar-refractivity contribution in [1.29, 1.82) is 0 Å². The van der Waals surface area contributed by atoms with E-state index in [1.54, 1.807) is 11.8 Å². The van der Waals surface area contributed by atoms with Crippen LogP contribution in [0.1, 0.15) is 5.56 Å². The van der Waals surface area contributed by atoms with Gasteiger partial charge in [0.2, 0.25) is 0 Å². The summed E-state index contributed by atoms with van der Waals surface area (Å²) in [5.74, 6) is 0.